The SMILES string of the molecule is N#Cc1cc(F)cc(-c2cnn(Cc3ccccc3)c2)c1. The second kappa shape index (κ2) is 5.59. The zero-order valence-corrected chi connectivity index (χ0v) is 11.2. The molecule has 0 saturated heterocycles. The summed E-state index contributed by atoms with van der Waals surface area (Å²) in [6.45, 7) is 0.654. The molecular weight excluding hydrogens is 265 g/mol. The van der Waals surface area contributed by atoms with Gasteiger partial charge in [-0.25, -0.2) is 4.39 Å². The van der Waals surface area contributed by atoms with E-state index in [4.69, 9.17) is 5.26 Å². The smallest absolute Gasteiger partial charge is 0.125 e. The summed E-state index contributed by atoms with van der Waals surface area (Å²) in [5.41, 5.74) is 2.90. The number of hydrogen-bond acceptors (Lipinski definition) is 2. The summed E-state index contributed by atoms with van der Waals surface area (Å²) >= 11 is 0. The van der Waals surface area contributed by atoms with Crippen LogP contribution in [0.1, 0.15) is 11.1 Å². The van der Waals surface area contributed by atoms with E-state index in [-0.39, 0.29) is 0 Å². The number of aromatic nitrogens is 2. The van der Waals surface area contributed by atoms with Gasteiger partial charge in [-0.2, -0.15) is 10.4 Å². The molecule has 3 nitrogen and oxygen atoms in total. The molecule has 2 aromatic carbocycles. The van der Waals surface area contributed by atoms with Crippen LogP contribution in [0.5, 0.6) is 0 Å². The zero-order valence-electron chi connectivity index (χ0n) is 11.2. The van der Waals surface area contributed by atoms with Crippen molar-refractivity contribution >= 4 is 0 Å². The Morgan fingerprint density at radius 2 is 1.90 bits per heavy atom. The minimum absolute atomic E-state index is 0.306. The van der Waals surface area contributed by atoms with Gasteiger partial charge < -0.3 is 0 Å². The normalized spacial score (nSPS) is 10.3. The van der Waals surface area contributed by atoms with E-state index in [0.29, 0.717) is 17.7 Å². The Bertz CT molecular complexity index is 800. The fraction of sp³-hybridized carbons (Fsp3) is 0.0588. The number of nitriles is 1. The third kappa shape index (κ3) is 2.98. The van der Waals surface area contributed by atoms with Gasteiger partial charge in [0.2, 0.25) is 0 Å². The predicted molar refractivity (Wildman–Crippen MR) is 77.9 cm³/mol. The quantitative estimate of drug-likeness (QED) is 0.734. The lowest BCUT2D eigenvalue weighted by Gasteiger charge is -2.01. The Labute approximate surface area is 121 Å². The van der Waals surface area contributed by atoms with Crippen molar-refractivity contribution in [3.8, 4) is 17.2 Å². The van der Waals surface area contributed by atoms with Crippen LogP contribution in [-0.2, 0) is 6.54 Å². The second-order valence-corrected chi connectivity index (χ2v) is 4.75. The molecule has 0 unspecified atom stereocenters. The summed E-state index contributed by atoms with van der Waals surface area (Å²) in [6, 6.07) is 16.2. The lowest BCUT2D eigenvalue weighted by Crippen LogP contribution is -1.99. The molecule has 0 bridgehead atoms. The van der Waals surface area contributed by atoms with Gasteiger partial charge in [-0.15, -0.1) is 0 Å². The van der Waals surface area contributed by atoms with E-state index in [0.717, 1.165) is 11.1 Å². The summed E-state index contributed by atoms with van der Waals surface area (Å²) in [5, 5.41) is 13.2. The molecule has 0 saturated carbocycles. The van der Waals surface area contributed by atoms with E-state index in [2.05, 4.69) is 5.10 Å². The minimum Gasteiger partial charge on any atom is -0.268 e. The number of nitrogens with zero attached hydrogens (tertiary/aromatic N) is 3. The van der Waals surface area contributed by atoms with Gasteiger partial charge in [0.15, 0.2) is 0 Å². The molecule has 0 aliphatic heterocycles. The van der Waals surface area contributed by atoms with E-state index in [1.165, 1.54) is 12.1 Å². The van der Waals surface area contributed by atoms with Crippen molar-refractivity contribution < 1.29 is 4.39 Å². The van der Waals surface area contributed by atoms with Crippen LogP contribution >= 0.6 is 0 Å². The molecule has 4 heteroatoms. The van der Waals surface area contributed by atoms with Gasteiger partial charge in [0, 0.05) is 11.8 Å². The number of benzene rings is 2. The van der Waals surface area contributed by atoms with E-state index >= 15 is 0 Å². The highest BCUT2D eigenvalue weighted by atomic mass is 19.1. The van der Waals surface area contributed by atoms with Crippen LogP contribution in [0.25, 0.3) is 11.1 Å². The monoisotopic (exact) mass is 277 g/mol. The van der Waals surface area contributed by atoms with Crippen molar-refractivity contribution in [2.24, 2.45) is 0 Å². The Kier molecular flexibility index (Phi) is 3.48. The maximum Gasteiger partial charge on any atom is 0.125 e. The van der Waals surface area contributed by atoms with Crippen molar-refractivity contribution in [1.82, 2.24) is 9.78 Å². The first kappa shape index (κ1) is 13.1. The summed E-state index contributed by atoms with van der Waals surface area (Å²) in [7, 11) is 0. The molecule has 0 amide bonds. The van der Waals surface area contributed by atoms with Crippen LogP contribution in [0, 0.1) is 17.1 Å². The summed E-state index contributed by atoms with van der Waals surface area (Å²) in [5.74, 6) is -0.417. The Morgan fingerprint density at radius 3 is 2.67 bits per heavy atom. The van der Waals surface area contributed by atoms with Gasteiger partial charge in [0.05, 0.1) is 24.4 Å². The second-order valence-electron chi connectivity index (χ2n) is 4.75. The molecule has 3 rings (SSSR count). The van der Waals surface area contributed by atoms with E-state index < -0.39 is 5.82 Å². The maximum absolute atomic E-state index is 13.5. The molecule has 0 aliphatic rings. The van der Waals surface area contributed by atoms with Crippen molar-refractivity contribution in [3.63, 3.8) is 0 Å². The molecule has 0 N–H and O–H groups in total. The molecule has 1 aromatic heterocycles. The molecule has 0 atom stereocenters. The topological polar surface area (TPSA) is 41.6 Å². The average molecular weight is 277 g/mol. The number of hydrogen-bond donors (Lipinski definition) is 0. The van der Waals surface area contributed by atoms with Gasteiger partial charge in [-0.1, -0.05) is 30.3 Å². The lowest BCUT2D eigenvalue weighted by molar-refractivity contribution is 0.628. The largest absolute Gasteiger partial charge is 0.268 e. The molecular formula is C17H12FN3. The van der Waals surface area contributed by atoms with Crippen LogP contribution in [-0.4, -0.2) is 9.78 Å². The van der Waals surface area contributed by atoms with Crippen LogP contribution in [0.15, 0.2) is 60.9 Å². The van der Waals surface area contributed by atoms with Crippen molar-refractivity contribution in [2.45, 2.75) is 6.54 Å². The summed E-state index contributed by atoms with van der Waals surface area (Å²) < 4.78 is 15.3. The highest BCUT2D eigenvalue weighted by Gasteiger charge is 2.06. The van der Waals surface area contributed by atoms with Crippen molar-refractivity contribution in [1.29, 1.82) is 5.26 Å². The van der Waals surface area contributed by atoms with Crippen LogP contribution in [0.2, 0.25) is 0 Å². The van der Waals surface area contributed by atoms with Gasteiger partial charge in [-0.05, 0) is 29.3 Å². The first-order valence-electron chi connectivity index (χ1n) is 6.52. The molecule has 21 heavy (non-hydrogen) atoms. The number of rotatable bonds is 3. The molecule has 1 heterocycles. The first-order valence-corrected chi connectivity index (χ1v) is 6.52. The Hall–Kier alpha value is -2.93. The number of halogens is 1. The van der Waals surface area contributed by atoms with E-state index in [1.807, 2.05) is 42.6 Å². The highest BCUT2D eigenvalue weighted by molar-refractivity contribution is 5.63. The van der Waals surface area contributed by atoms with Gasteiger partial charge in [-0.3, -0.25) is 4.68 Å². The molecule has 0 aliphatic carbocycles. The third-order valence-corrected chi connectivity index (χ3v) is 3.18. The summed E-state index contributed by atoms with van der Waals surface area (Å²) in [4.78, 5) is 0. The highest BCUT2D eigenvalue weighted by Crippen LogP contribution is 2.21. The minimum atomic E-state index is -0.417. The van der Waals surface area contributed by atoms with E-state index in [9.17, 15) is 4.39 Å². The van der Waals surface area contributed by atoms with Gasteiger partial charge in [0.1, 0.15) is 5.82 Å². The molecule has 102 valence electrons. The molecule has 0 radical (unpaired) electrons. The average Bonchev–Trinajstić information content (AvgIpc) is 2.96. The molecule has 0 spiro atoms. The third-order valence-electron chi connectivity index (χ3n) is 3.18. The molecule has 0 fully saturated rings. The maximum atomic E-state index is 13.5. The van der Waals surface area contributed by atoms with Crippen molar-refractivity contribution in [3.05, 3.63) is 77.9 Å². The van der Waals surface area contributed by atoms with Crippen LogP contribution in [0.4, 0.5) is 4.39 Å². The molecule has 3 aromatic rings. The van der Waals surface area contributed by atoms with Gasteiger partial charge in [0.25, 0.3) is 0 Å². The lowest BCUT2D eigenvalue weighted by atomic mass is 10.1. The van der Waals surface area contributed by atoms with Crippen molar-refractivity contribution in [2.75, 3.05) is 0 Å². The standard InChI is InChI=1S/C17H12FN3/c18-17-7-14(9-19)6-15(8-17)16-10-20-21(12-16)11-13-4-2-1-3-5-13/h1-8,10,12H,11H2. The Morgan fingerprint density at radius 1 is 1.10 bits per heavy atom. The fourth-order valence-corrected chi connectivity index (χ4v) is 2.19. The van der Waals surface area contributed by atoms with E-state index in [1.54, 1.807) is 16.9 Å². The predicted octanol–water partition coefficient (Wildman–Crippen LogP) is 3.61. The Balaban J connectivity index is 1.88. The van der Waals surface area contributed by atoms with Gasteiger partial charge >= 0.3 is 0 Å². The zero-order chi connectivity index (χ0) is 14.7. The van der Waals surface area contributed by atoms with Crippen LogP contribution in [0.3, 0.4) is 0 Å². The van der Waals surface area contributed by atoms with Crippen LogP contribution < -0.4 is 0 Å². The first-order chi connectivity index (χ1) is 10.2. The summed E-state index contributed by atoms with van der Waals surface area (Å²) in [6.07, 6.45) is 3.53. The fourth-order valence-electron chi connectivity index (χ4n) is 2.19.